The van der Waals surface area contributed by atoms with Gasteiger partial charge in [-0.25, -0.2) is 4.79 Å². The Kier molecular flexibility index (Phi) is 33.2. The van der Waals surface area contributed by atoms with E-state index in [1.807, 2.05) is 0 Å². The number of carbonyl (C=O) groups is 13. The molecular formula is C52H83N17O17S. The number of thioether (sulfide) groups is 1. The minimum absolute atomic E-state index is 0.0324. The van der Waals surface area contributed by atoms with E-state index in [-0.39, 0.29) is 100 Å². The molecule has 1 aliphatic rings. The molecule has 35 heteroatoms. The number of hydrogen-bond donors (Lipinski definition) is 17. The lowest BCUT2D eigenvalue weighted by Crippen LogP contribution is -2.61. The molecule has 1 aromatic rings. The second-order valence-corrected chi connectivity index (χ2v) is 21.3. The molecule has 1 aromatic carbocycles. The summed E-state index contributed by atoms with van der Waals surface area (Å²) in [6, 6.07) is -6.03. The van der Waals surface area contributed by atoms with Crippen molar-refractivity contribution in [3.8, 4) is 5.75 Å². The zero-order valence-electron chi connectivity index (χ0n) is 48.9. The Morgan fingerprint density at radius 3 is 1.59 bits per heavy atom. The van der Waals surface area contributed by atoms with Crippen LogP contribution in [0.4, 0.5) is 0 Å². The van der Waals surface area contributed by atoms with Crippen LogP contribution in [-0.4, -0.2) is 202 Å². The molecule has 8 atom stereocenters. The van der Waals surface area contributed by atoms with Gasteiger partial charge in [0.05, 0.1) is 19.0 Å². The molecule has 0 aromatic heterocycles. The third-order valence-electron chi connectivity index (χ3n) is 12.6. The molecule has 0 bridgehead atoms. The van der Waals surface area contributed by atoms with Crippen molar-refractivity contribution in [2.75, 3.05) is 44.4 Å². The smallest absolute Gasteiger partial charge is 0.333 e. The van der Waals surface area contributed by atoms with Gasteiger partial charge in [0.25, 0.3) is 11.8 Å². The Bertz CT molecular complexity index is 2610. The van der Waals surface area contributed by atoms with Gasteiger partial charge >= 0.3 is 5.97 Å². The fourth-order valence-corrected chi connectivity index (χ4v) is 8.80. The zero-order chi connectivity index (χ0) is 65.3. The summed E-state index contributed by atoms with van der Waals surface area (Å²) < 4.78 is 0. The minimum Gasteiger partial charge on any atom is -0.508 e. The van der Waals surface area contributed by atoms with Gasteiger partial charge in [-0.3, -0.25) is 67.5 Å². The molecule has 2 rings (SSSR count). The van der Waals surface area contributed by atoms with Crippen LogP contribution in [0.5, 0.6) is 5.75 Å². The summed E-state index contributed by atoms with van der Waals surface area (Å²) in [5, 5.41) is 52.6. The second kappa shape index (κ2) is 39.0. The SMILES string of the molecule is CC(=O)NC(CSCC(=O)NCCCCCC(=O)ON1C(=O)CCC1=O)C(=O)N[C@@H](CO)C(=O)N[C@@H](CCCN=C(N)N)C(=O)N[C@@H](CCCN=C(N)N)C(=O)N[C@@H](C)C(=O)N[C@@H](CO)C(=O)N[C@H](C(=O)N[C@@H](Cc1ccc(O)cc1)C(N)=O)C(C)C. The monoisotopic (exact) mass is 1250 g/mol. The number of guanidine groups is 2. The molecule has 1 aliphatic heterocycles. The number of amides is 12. The van der Waals surface area contributed by atoms with E-state index >= 15 is 0 Å². The van der Waals surface area contributed by atoms with E-state index in [4.69, 9.17) is 33.5 Å². The third-order valence-corrected chi connectivity index (χ3v) is 13.6. The number of phenolic OH excluding ortho intramolecular Hbond substituents is 1. The Hall–Kier alpha value is -8.86. The maximum Gasteiger partial charge on any atom is 0.333 e. The largest absolute Gasteiger partial charge is 0.508 e. The van der Waals surface area contributed by atoms with Crippen LogP contribution in [0.2, 0.25) is 0 Å². The molecule has 34 nitrogen and oxygen atoms in total. The van der Waals surface area contributed by atoms with Gasteiger partial charge in [-0.05, 0) is 69.1 Å². The normalized spacial score (nSPS) is 14.6. The number of nitrogens with zero attached hydrogens (tertiary/aromatic N) is 3. The predicted molar refractivity (Wildman–Crippen MR) is 313 cm³/mol. The van der Waals surface area contributed by atoms with Crippen LogP contribution < -0.4 is 76.5 Å². The Balaban J connectivity index is 2.15. The van der Waals surface area contributed by atoms with Crippen LogP contribution in [0.25, 0.3) is 0 Å². The van der Waals surface area contributed by atoms with Gasteiger partial charge in [0, 0.05) is 58.0 Å². The molecule has 1 fully saturated rings. The summed E-state index contributed by atoms with van der Waals surface area (Å²) in [5.41, 5.74) is 28.0. The molecule has 1 saturated heterocycles. The van der Waals surface area contributed by atoms with Gasteiger partial charge in [0.2, 0.25) is 59.1 Å². The number of benzene rings is 1. The van der Waals surface area contributed by atoms with Crippen LogP contribution in [0, 0.1) is 5.92 Å². The van der Waals surface area contributed by atoms with Crippen LogP contribution in [0.1, 0.15) is 97.5 Å². The fourth-order valence-electron chi connectivity index (χ4n) is 7.92. The molecule has 0 spiro atoms. The zero-order valence-corrected chi connectivity index (χ0v) is 49.7. The van der Waals surface area contributed by atoms with Crippen LogP contribution in [0.3, 0.4) is 0 Å². The number of primary amides is 1. The number of phenols is 1. The highest BCUT2D eigenvalue weighted by Crippen LogP contribution is 2.15. The molecule has 0 saturated carbocycles. The molecule has 484 valence electrons. The molecular weight excluding hydrogens is 1170 g/mol. The molecule has 87 heavy (non-hydrogen) atoms. The van der Waals surface area contributed by atoms with Crippen molar-refractivity contribution in [2.24, 2.45) is 44.6 Å². The quantitative estimate of drug-likeness (QED) is 0.0126. The highest BCUT2D eigenvalue weighted by atomic mass is 32.2. The Morgan fingerprint density at radius 1 is 0.598 bits per heavy atom. The average Bonchev–Trinajstić information content (AvgIpc) is 3.87. The lowest BCUT2D eigenvalue weighted by atomic mass is 10.0. The van der Waals surface area contributed by atoms with E-state index in [0.717, 1.165) is 18.7 Å². The number of aliphatic imine (C=N–C) groups is 2. The number of hydroxylamine groups is 2. The molecule has 22 N–H and O–H groups in total. The highest BCUT2D eigenvalue weighted by molar-refractivity contribution is 8.00. The van der Waals surface area contributed by atoms with Crippen molar-refractivity contribution in [1.82, 2.24) is 52.9 Å². The van der Waals surface area contributed by atoms with E-state index in [9.17, 15) is 77.6 Å². The fraction of sp³-hybridized carbons (Fsp3) is 0.596. The third kappa shape index (κ3) is 28.7. The lowest BCUT2D eigenvalue weighted by molar-refractivity contribution is -0.197. The van der Waals surface area contributed by atoms with Gasteiger partial charge in [0.15, 0.2) is 11.9 Å². The maximum atomic E-state index is 14.1. The summed E-state index contributed by atoms with van der Waals surface area (Å²) in [4.78, 5) is 181. The topological polar surface area (TPSA) is 558 Å². The average molecular weight is 1250 g/mol. The number of aliphatic hydroxyl groups is 2. The van der Waals surface area contributed by atoms with Crippen molar-refractivity contribution in [2.45, 2.75) is 147 Å². The number of nitrogens with one attached hydrogen (secondary N) is 9. The molecule has 1 heterocycles. The van der Waals surface area contributed by atoms with E-state index in [1.165, 1.54) is 31.2 Å². The van der Waals surface area contributed by atoms with Crippen LogP contribution in [-0.2, 0) is 73.6 Å². The number of aromatic hydroxyl groups is 1. The van der Waals surface area contributed by atoms with Crippen LogP contribution >= 0.6 is 11.8 Å². The number of unbranched alkanes of at least 4 members (excludes halogenated alkanes) is 2. The van der Waals surface area contributed by atoms with Gasteiger partial charge in [-0.1, -0.05) is 32.4 Å². The molecule has 0 aliphatic carbocycles. The number of rotatable bonds is 40. The van der Waals surface area contributed by atoms with Crippen molar-refractivity contribution in [3.05, 3.63) is 29.8 Å². The van der Waals surface area contributed by atoms with Crippen molar-refractivity contribution >= 4 is 101 Å². The van der Waals surface area contributed by atoms with Gasteiger partial charge in [0.1, 0.15) is 54.1 Å². The van der Waals surface area contributed by atoms with Gasteiger partial charge in [-0.2, -0.15) is 0 Å². The van der Waals surface area contributed by atoms with E-state index in [1.54, 1.807) is 13.8 Å². The van der Waals surface area contributed by atoms with Gasteiger partial charge < -0.3 is 96.7 Å². The summed E-state index contributed by atoms with van der Waals surface area (Å²) >= 11 is 0.948. The first kappa shape index (κ1) is 74.2. The van der Waals surface area contributed by atoms with Crippen molar-refractivity contribution in [1.29, 1.82) is 0 Å². The first-order chi connectivity index (χ1) is 41.1. The minimum atomic E-state index is -1.74. The Labute approximate surface area is 505 Å². The molecule has 1 unspecified atom stereocenters. The highest BCUT2D eigenvalue weighted by Gasteiger charge is 2.36. The summed E-state index contributed by atoms with van der Waals surface area (Å²) in [5.74, 6) is -12.4. The van der Waals surface area contributed by atoms with Crippen molar-refractivity contribution < 1.29 is 82.5 Å². The molecule has 0 radical (unpaired) electrons. The number of carbonyl (C=O) groups excluding carboxylic acids is 13. The van der Waals surface area contributed by atoms with E-state index < -0.39 is 144 Å². The number of imide groups is 1. The van der Waals surface area contributed by atoms with Crippen molar-refractivity contribution in [3.63, 3.8) is 0 Å². The maximum absolute atomic E-state index is 14.1. The summed E-state index contributed by atoms with van der Waals surface area (Å²) in [7, 11) is 0. The molecule has 12 amide bonds. The first-order valence-corrected chi connectivity index (χ1v) is 28.9. The summed E-state index contributed by atoms with van der Waals surface area (Å²) in [6.07, 6.45) is 0.822. The number of aliphatic hydroxyl groups excluding tert-OH is 2. The van der Waals surface area contributed by atoms with E-state index in [2.05, 4.69) is 57.8 Å². The number of hydrogen-bond acceptors (Lipinski definition) is 20. The standard InChI is InChI=1S/C52H83N17O17S/c1-27(2)42(50(85)65-34(43(53)78)22-30-13-15-31(73)16-14-30)68-48(83)36(24-71)66-44(79)28(3)61-45(80)32(10-8-20-59-51(54)55)63-46(81)33(11-9-21-60-52(56)57)64-47(82)35(23-70)67-49(84)37(62-29(4)72)25-87-26-38(74)58-19-7-5-6-12-41(77)86-69-39(75)17-18-40(69)76/h13-16,27-28,32-37,42,70-71,73H,5-12,17-26H2,1-4H3,(H2,53,78)(H,58,74)(H,61,80)(H,62,72)(H,63,81)(H,64,82)(H,65,85)(H,66,79)(H,67,84)(H,68,83)(H4,54,55,59)(H4,56,57,60)/t28-,32-,33-,34-,35-,36-,37?,42-/m0/s1. The summed E-state index contributed by atoms with van der Waals surface area (Å²) in [6.45, 7) is 3.61. The predicted octanol–water partition coefficient (Wildman–Crippen LogP) is -6.90. The van der Waals surface area contributed by atoms with E-state index in [0.29, 0.717) is 29.9 Å². The first-order valence-electron chi connectivity index (χ1n) is 27.8. The second-order valence-electron chi connectivity index (χ2n) is 20.3. The Morgan fingerprint density at radius 2 is 1.08 bits per heavy atom. The number of nitrogens with two attached hydrogens (primary N) is 5. The van der Waals surface area contributed by atoms with Crippen LogP contribution in [0.15, 0.2) is 34.3 Å². The van der Waals surface area contributed by atoms with Gasteiger partial charge in [-0.15, -0.1) is 16.8 Å². The lowest BCUT2D eigenvalue weighted by Gasteiger charge is -2.27.